The average molecular weight is 338 g/mol. The van der Waals surface area contributed by atoms with Crippen LogP contribution in [0.3, 0.4) is 0 Å². The van der Waals surface area contributed by atoms with Crippen molar-refractivity contribution in [2.75, 3.05) is 16.8 Å². The molecular weight excluding hydrogens is 316 g/mol. The molecule has 1 saturated heterocycles. The minimum Gasteiger partial charge on any atom is -0.492 e. The number of aryl methyl sites for hydroxylation is 1. The lowest BCUT2D eigenvalue weighted by Gasteiger charge is -2.19. The van der Waals surface area contributed by atoms with Crippen molar-refractivity contribution < 1.29 is 14.3 Å². The van der Waals surface area contributed by atoms with Gasteiger partial charge in [-0.3, -0.25) is 9.59 Å². The first-order chi connectivity index (χ1) is 12.0. The van der Waals surface area contributed by atoms with Crippen molar-refractivity contribution in [2.24, 2.45) is 0 Å². The Morgan fingerprint density at radius 1 is 1.12 bits per heavy atom. The lowest BCUT2D eigenvalue weighted by Crippen LogP contribution is -2.35. The molecule has 1 heterocycles. The number of imide groups is 1. The third kappa shape index (κ3) is 3.22. The van der Waals surface area contributed by atoms with Crippen LogP contribution in [0.1, 0.15) is 24.5 Å². The van der Waals surface area contributed by atoms with Crippen molar-refractivity contribution in [2.45, 2.75) is 33.2 Å². The number of ether oxygens (including phenoxy) is 1. The number of carbonyl (C=O) groups is 2. The number of carbonyl (C=O) groups excluding carboxylic acids is 2. The summed E-state index contributed by atoms with van der Waals surface area (Å²) in [6, 6.07) is 12.5. The van der Waals surface area contributed by atoms with Crippen LogP contribution in [0.25, 0.3) is 0 Å². The Morgan fingerprint density at radius 2 is 1.88 bits per heavy atom. The van der Waals surface area contributed by atoms with Gasteiger partial charge in [-0.2, -0.15) is 0 Å². The molecule has 130 valence electrons. The first-order valence-electron chi connectivity index (χ1n) is 8.44. The van der Waals surface area contributed by atoms with E-state index in [0.29, 0.717) is 18.0 Å². The van der Waals surface area contributed by atoms with E-state index in [4.69, 9.17) is 4.74 Å². The van der Waals surface area contributed by atoms with Gasteiger partial charge >= 0.3 is 0 Å². The summed E-state index contributed by atoms with van der Waals surface area (Å²) in [5.74, 6) is 0.255. The van der Waals surface area contributed by atoms with E-state index in [9.17, 15) is 9.59 Å². The molecule has 1 unspecified atom stereocenters. The van der Waals surface area contributed by atoms with Crippen molar-refractivity contribution in [1.29, 1.82) is 0 Å². The number of nitrogens with zero attached hydrogens (tertiary/aromatic N) is 1. The molecule has 25 heavy (non-hydrogen) atoms. The molecule has 1 atom stereocenters. The van der Waals surface area contributed by atoms with Gasteiger partial charge in [0.1, 0.15) is 11.8 Å². The third-order valence-corrected chi connectivity index (χ3v) is 4.48. The van der Waals surface area contributed by atoms with Gasteiger partial charge in [-0.05, 0) is 50.1 Å². The van der Waals surface area contributed by atoms with Crippen molar-refractivity contribution >= 4 is 23.2 Å². The lowest BCUT2D eigenvalue weighted by atomic mass is 10.1. The van der Waals surface area contributed by atoms with Gasteiger partial charge in [0, 0.05) is 0 Å². The molecule has 0 aliphatic carbocycles. The van der Waals surface area contributed by atoms with E-state index < -0.39 is 6.04 Å². The predicted molar refractivity (Wildman–Crippen MR) is 98.0 cm³/mol. The highest BCUT2D eigenvalue weighted by Crippen LogP contribution is 2.31. The summed E-state index contributed by atoms with van der Waals surface area (Å²) < 4.78 is 5.58. The largest absolute Gasteiger partial charge is 0.492 e. The predicted octanol–water partition coefficient (Wildman–Crippen LogP) is 3.45. The normalized spacial score (nSPS) is 17.1. The molecule has 0 radical (unpaired) electrons. The molecule has 3 rings (SSSR count). The number of amides is 2. The minimum absolute atomic E-state index is 0.132. The van der Waals surface area contributed by atoms with E-state index >= 15 is 0 Å². The zero-order valence-corrected chi connectivity index (χ0v) is 14.7. The van der Waals surface area contributed by atoms with Gasteiger partial charge in [0.25, 0.3) is 5.91 Å². The zero-order valence-electron chi connectivity index (χ0n) is 14.7. The molecular formula is C20H22N2O3. The average Bonchev–Trinajstić information content (AvgIpc) is 2.86. The smallest absolute Gasteiger partial charge is 0.256 e. The van der Waals surface area contributed by atoms with Crippen molar-refractivity contribution in [3.05, 3.63) is 53.6 Å². The fraction of sp³-hybridized carbons (Fsp3) is 0.300. The maximum Gasteiger partial charge on any atom is 0.256 e. The highest BCUT2D eigenvalue weighted by molar-refractivity contribution is 6.23. The Bertz CT molecular complexity index is 816. The van der Waals surface area contributed by atoms with Crippen LogP contribution in [0.5, 0.6) is 5.75 Å². The standard InChI is InChI=1S/C20H22N2O3/c1-4-25-18-11-6-5-9-15(18)21-16-12-19(23)22(20(16)24)17-10-7-8-13(2)14(17)3/h5-11,16,21H,4,12H2,1-3H3. The lowest BCUT2D eigenvalue weighted by molar-refractivity contribution is -0.121. The molecule has 2 amide bonds. The number of hydrogen-bond acceptors (Lipinski definition) is 4. The molecule has 0 spiro atoms. The van der Waals surface area contributed by atoms with Crippen LogP contribution in [-0.4, -0.2) is 24.5 Å². The Hall–Kier alpha value is -2.82. The summed E-state index contributed by atoms with van der Waals surface area (Å²) in [5.41, 5.74) is 3.38. The topological polar surface area (TPSA) is 58.6 Å². The molecule has 1 N–H and O–H groups in total. The first-order valence-corrected chi connectivity index (χ1v) is 8.44. The molecule has 2 aromatic rings. The van der Waals surface area contributed by atoms with E-state index in [0.717, 1.165) is 16.8 Å². The van der Waals surface area contributed by atoms with Crippen molar-refractivity contribution in [3.63, 3.8) is 0 Å². The van der Waals surface area contributed by atoms with Gasteiger partial charge in [0.2, 0.25) is 5.91 Å². The molecule has 1 fully saturated rings. The molecule has 5 nitrogen and oxygen atoms in total. The van der Waals surface area contributed by atoms with Gasteiger partial charge in [-0.15, -0.1) is 0 Å². The third-order valence-electron chi connectivity index (χ3n) is 4.48. The van der Waals surface area contributed by atoms with Gasteiger partial charge < -0.3 is 10.1 Å². The maximum atomic E-state index is 12.9. The number of rotatable bonds is 5. The molecule has 1 aliphatic rings. The summed E-state index contributed by atoms with van der Waals surface area (Å²) in [6.07, 6.45) is 0.132. The second-order valence-electron chi connectivity index (χ2n) is 6.12. The van der Waals surface area contributed by atoms with E-state index in [1.54, 1.807) is 0 Å². The fourth-order valence-electron chi connectivity index (χ4n) is 3.03. The summed E-state index contributed by atoms with van der Waals surface area (Å²) >= 11 is 0. The fourth-order valence-corrected chi connectivity index (χ4v) is 3.03. The van der Waals surface area contributed by atoms with E-state index in [2.05, 4.69) is 5.32 Å². The molecule has 5 heteroatoms. The zero-order chi connectivity index (χ0) is 18.0. The number of hydrogen-bond donors (Lipinski definition) is 1. The number of benzene rings is 2. The monoisotopic (exact) mass is 338 g/mol. The first kappa shape index (κ1) is 17.0. The van der Waals surface area contributed by atoms with Crippen LogP contribution < -0.4 is 15.0 Å². The molecule has 0 aromatic heterocycles. The molecule has 1 aliphatic heterocycles. The summed E-state index contributed by atoms with van der Waals surface area (Å²) in [4.78, 5) is 26.6. The number of anilines is 2. The van der Waals surface area contributed by atoms with Gasteiger partial charge in [0.05, 0.1) is 24.4 Å². The Labute approximate surface area is 147 Å². The second-order valence-corrected chi connectivity index (χ2v) is 6.12. The highest BCUT2D eigenvalue weighted by Gasteiger charge is 2.40. The Kier molecular flexibility index (Phi) is 4.74. The Balaban J connectivity index is 1.86. The molecule has 0 bridgehead atoms. The van der Waals surface area contributed by atoms with Crippen LogP contribution >= 0.6 is 0 Å². The van der Waals surface area contributed by atoms with Crippen LogP contribution in [0.2, 0.25) is 0 Å². The van der Waals surface area contributed by atoms with Crippen molar-refractivity contribution in [3.8, 4) is 5.75 Å². The molecule has 0 saturated carbocycles. The summed E-state index contributed by atoms with van der Waals surface area (Å²) in [5, 5.41) is 3.17. The van der Waals surface area contributed by atoms with Gasteiger partial charge in [-0.1, -0.05) is 24.3 Å². The van der Waals surface area contributed by atoms with Crippen LogP contribution in [0.15, 0.2) is 42.5 Å². The number of nitrogens with one attached hydrogen (secondary N) is 1. The van der Waals surface area contributed by atoms with Gasteiger partial charge in [0.15, 0.2) is 0 Å². The van der Waals surface area contributed by atoms with E-state index in [-0.39, 0.29) is 18.2 Å². The van der Waals surface area contributed by atoms with Crippen LogP contribution in [-0.2, 0) is 9.59 Å². The highest BCUT2D eigenvalue weighted by atomic mass is 16.5. The van der Waals surface area contributed by atoms with E-state index in [1.807, 2.05) is 63.2 Å². The van der Waals surface area contributed by atoms with Gasteiger partial charge in [-0.25, -0.2) is 4.90 Å². The van der Waals surface area contributed by atoms with Crippen molar-refractivity contribution in [1.82, 2.24) is 0 Å². The van der Waals surface area contributed by atoms with E-state index in [1.165, 1.54) is 4.90 Å². The number of para-hydroxylation sites is 2. The van der Waals surface area contributed by atoms with Crippen LogP contribution in [0.4, 0.5) is 11.4 Å². The quantitative estimate of drug-likeness (QED) is 0.849. The summed E-state index contributed by atoms with van der Waals surface area (Å²) in [6.45, 7) is 6.34. The molecule has 2 aromatic carbocycles. The maximum absolute atomic E-state index is 12.9. The summed E-state index contributed by atoms with van der Waals surface area (Å²) in [7, 11) is 0. The SMILES string of the molecule is CCOc1ccccc1NC1CC(=O)N(c2cccc(C)c2C)C1=O. The van der Waals surface area contributed by atoms with Crippen LogP contribution in [0, 0.1) is 13.8 Å². The Morgan fingerprint density at radius 3 is 2.64 bits per heavy atom. The second kappa shape index (κ2) is 6.97. The minimum atomic E-state index is -0.589.